The van der Waals surface area contributed by atoms with Crippen molar-refractivity contribution in [1.82, 2.24) is 9.21 Å². The summed E-state index contributed by atoms with van der Waals surface area (Å²) in [6.07, 6.45) is 6.58. The topological polar surface area (TPSA) is 66.9 Å². The number of hydrogen-bond donors (Lipinski definition) is 0. The molecule has 2 fully saturated rings. The standard InChI is InChI=1S/C22H32N2O4S/c1-4-17(2)18(3)24(20-8-9-20)22(25)12-7-19-5-10-21(11-6-19)29(26,27)23-13-15-28-16-14-23/h5-7,10-12,17-18,20H,4,8-9,13-16H2,1-3H3. The Labute approximate surface area is 174 Å². The molecular formula is C22H32N2O4S. The third kappa shape index (κ3) is 5.27. The zero-order valence-corrected chi connectivity index (χ0v) is 18.4. The molecule has 7 heteroatoms. The number of ether oxygens (including phenoxy) is 1. The highest BCUT2D eigenvalue weighted by Crippen LogP contribution is 2.31. The molecule has 1 amide bonds. The molecule has 0 radical (unpaired) electrons. The lowest BCUT2D eigenvalue weighted by Gasteiger charge is -2.32. The van der Waals surface area contributed by atoms with Crippen molar-refractivity contribution in [2.75, 3.05) is 26.3 Å². The predicted molar refractivity (Wildman–Crippen MR) is 114 cm³/mol. The molecule has 29 heavy (non-hydrogen) atoms. The van der Waals surface area contributed by atoms with E-state index in [9.17, 15) is 13.2 Å². The van der Waals surface area contributed by atoms with Crippen LogP contribution in [0.4, 0.5) is 0 Å². The molecule has 1 aliphatic heterocycles. The van der Waals surface area contributed by atoms with Gasteiger partial charge < -0.3 is 9.64 Å². The van der Waals surface area contributed by atoms with E-state index in [2.05, 4.69) is 20.8 Å². The summed E-state index contributed by atoms with van der Waals surface area (Å²) in [7, 11) is -3.50. The van der Waals surface area contributed by atoms with E-state index in [0.717, 1.165) is 24.8 Å². The second-order valence-electron chi connectivity index (χ2n) is 8.02. The molecular weight excluding hydrogens is 388 g/mol. The number of hydrogen-bond acceptors (Lipinski definition) is 4. The van der Waals surface area contributed by atoms with E-state index in [0.29, 0.717) is 38.3 Å². The lowest BCUT2D eigenvalue weighted by atomic mass is 9.99. The Hall–Kier alpha value is -1.70. The minimum Gasteiger partial charge on any atom is -0.379 e. The van der Waals surface area contributed by atoms with Gasteiger partial charge in [-0.1, -0.05) is 32.4 Å². The summed E-state index contributed by atoms with van der Waals surface area (Å²) in [5.74, 6) is 0.489. The predicted octanol–water partition coefficient (Wildman–Crippen LogP) is 3.15. The van der Waals surface area contributed by atoms with Crippen molar-refractivity contribution in [3.8, 4) is 0 Å². The molecule has 1 heterocycles. The normalized spacial score (nSPS) is 20.5. The first-order valence-electron chi connectivity index (χ1n) is 10.5. The van der Waals surface area contributed by atoms with Crippen molar-refractivity contribution in [2.45, 2.75) is 57.0 Å². The molecule has 1 aromatic carbocycles. The van der Waals surface area contributed by atoms with Crippen LogP contribution in [0.2, 0.25) is 0 Å². The van der Waals surface area contributed by atoms with Crippen molar-refractivity contribution in [3.63, 3.8) is 0 Å². The first-order chi connectivity index (χ1) is 13.8. The summed E-state index contributed by atoms with van der Waals surface area (Å²) in [6.45, 7) is 8.07. The van der Waals surface area contributed by atoms with E-state index < -0.39 is 10.0 Å². The van der Waals surface area contributed by atoms with E-state index in [-0.39, 0.29) is 16.8 Å². The van der Waals surface area contributed by atoms with Crippen LogP contribution >= 0.6 is 0 Å². The van der Waals surface area contributed by atoms with Gasteiger partial charge in [-0.2, -0.15) is 4.31 Å². The highest BCUT2D eigenvalue weighted by Gasteiger charge is 2.36. The van der Waals surface area contributed by atoms with Crippen molar-refractivity contribution in [1.29, 1.82) is 0 Å². The maximum absolute atomic E-state index is 12.8. The summed E-state index contributed by atoms with van der Waals surface area (Å²) in [6, 6.07) is 7.28. The molecule has 1 aliphatic carbocycles. The minimum absolute atomic E-state index is 0.0327. The van der Waals surface area contributed by atoms with E-state index in [1.165, 1.54) is 4.31 Å². The van der Waals surface area contributed by atoms with Crippen LogP contribution in [-0.4, -0.2) is 61.9 Å². The van der Waals surface area contributed by atoms with Gasteiger partial charge in [-0.15, -0.1) is 0 Å². The molecule has 2 unspecified atom stereocenters. The van der Waals surface area contributed by atoms with Crippen LogP contribution in [0.25, 0.3) is 6.08 Å². The Morgan fingerprint density at radius 3 is 2.38 bits per heavy atom. The first-order valence-corrected chi connectivity index (χ1v) is 12.0. The van der Waals surface area contributed by atoms with E-state index in [1.54, 1.807) is 36.4 Å². The Morgan fingerprint density at radius 2 is 1.83 bits per heavy atom. The largest absolute Gasteiger partial charge is 0.379 e. The number of carbonyl (C=O) groups is 1. The van der Waals surface area contributed by atoms with Crippen LogP contribution < -0.4 is 0 Å². The van der Waals surface area contributed by atoms with Crippen LogP contribution in [0.1, 0.15) is 45.6 Å². The van der Waals surface area contributed by atoms with Gasteiger partial charge in [-0.3, -0.25) is 4.79 Å². The SMILES string of the molecule is CCC(C)C(C)N(C(=O)C=Cc1ccc(S(=O)(=O)N2CCOCC2)cc1)C1CC1. The van der Waals surface area contributed by atoms with Crippen molar-refractivity contribution < 1.29 is 17.9 Å². The second kappa shape index (κ2) is 9.41. The highest BCUT2D eigenvalue weighted by molar-refractivity contribution is 7.89. The van der Waals surface area contributed by atoms with Gasteiger partial charge in [-0.25, -0.2) is 8.42 Å². The maximum Gasteiger partial charge on any atom is 0.247 e. The highest BCUT2D eigenvalue weighted by atomic mass is 32.2. The molecule has 0 N–H and O–H groups in total. The monoisotopic (exact) mass is 420 g/mol. The Kier molecular flexibility index (Phi) is 7.14. The first kappa shape index (κ1) is 22.0. The number of amides is 1. The van der Waals surface area contributed by atoms with Crippen molar-refractivity contribution >= 4 is 22.0 Å². The fourth-order valence-corrected chi connectivity index (χ4v) is 5.03. The Morgan fingerprint density at radius 1 is 1.21 bits per heavy atom. The van der Waals surface area contributed by atoms with Crippen LogP contribution in [0.3, 0.4) is 0 Å². The number of nitrogens with zero attached hydrogens (tertiary/aromatic N) is 2. The maximum atomic E-state index is 12.8. The summed E-state index contributed by atoms with van der Waals surface area (Å²) in [4.78, 5) is 15.1. The average molecular weight is 421 g/mol. The molecule has 0 aromatic heterocycles. The molecule has 0 spiro atoms. The fourth-order valence-electron chi connectivity index (χ4n) is 3.62. The number of benzene rings is 1. The van der Waals surface area contributed by atoms with E-state index in [1.807, 2.05) is 4.90 Å². The molecule has 1 saturated heterocycles. The molecule has 0 bridgehead atoms. The molecule has 6 nitrogen and oxygen atoms in total. The minimum atomic E-state index is -3.50. The molecule has 2 atom stereocenters. The van der Waals surface area contributed by atoms with E-state index in [4.69, 9.17) is 4.74 Å². The summed E-state index contributed by atoms with van der Waals surface area (Å²) in [5, 5.41) is 0. The van der Waals surface area contributed by atoms with Gasteiger partial charge in [0.15, 0.2) is 0 Å². The molecule has 1 aromatic rings. The van der Waals surface area contributed by atoms with Gasteiger partial charge in [0.25, 0.3) is 0 Å². The third-order valence-electron chi connectivity index (χ3n) is 6.01. The smallest absolute Gasteiger partial charge is 0.247 e. The average Bonchev–Trinajstić information content (AvgIpc) is 3.57. The lowest BCUT2D eigenvalue weighted by Crippen LogP contribution is -2.42. The summed E-state index contributed by atoms with van der Waals surface area (Å²) in [5.41, 5.74) is 0.811. The zero-order chi connectivity index (χ0) is 21.0. The summed E-state index contributed by atoms with van der Waals surface area (Å²) < 4.78 is 32.1. The van der Waals surface area contributed by atoms with Gasteiger partial charge in [0.2, 0.25) is 15.9 Å². The van der Waals surface area contributed by atoms with Gasteiger partial charge in [-0.05, 0) is 49.5 Å². The van der Waals surface area contributed by atoms with Crippen LogP contribution in [-0.2, 0) is 19.6 Å². The zero-order valence-electron chi connectivity index (χ0n) is 17.6. The van der Waals surface area contributed by atoms with Gasteiger partial charge in [0.05, 0.1) is 18.1 Å². The number of morpholine rings is 1. The van der Waals surface area contributed by atoms with Crippen molar-refractivity contribution in [2.24, 2.45) is 5.92 Å². The van der Waals surface area contributed by atoms with E-state index >= 15 is 0 Å². The van der Waals surface area contributed by atoms with Gasteiger partial charge in [0.1, 0.15) is 0 Å². The molecule has 160 valence electrons. The quantitative estimate of drug-likeness (QED) is 0.606. The molecule has 2 aliphatic rings. The second-order valence-corrected chi connectivity index (χ2v) is 9.96. The Balaban J connectivity index is 1.68. The van der Waals surface area contributed by atoms with Crippen LogP contribution in [0.15, 0.2) is 35.2 Å². The lowest BCUT2D eigenvalue weighted by molar-refractivity contribution is -0.129. The number of carbonyl (C=O) groups excluding carboxylic acids is 1. The summed E-state index contributed by atoms with van der Waals surface area (Å²) >= 11 is 0. The van der Waals surface area contributed by atoms with Gasteiger partial charge >= 0.3 is 0 Å². The Bertz CT molecular complexity index is 825. The third-order valence-corrected chi connectivity index (χ3v) is 7.92. The number of rotatable bonds is 8. The van der Waals surface area contributed by atoms with Gasteiger partial charge in [0, 0.05) is 31.2 Å². The number of sulfonamides is 1. The molecule has 1 saturated carbocycles. The van der Waals surface area contributed by atoms with Crippen molar-refractivity contribution in [3.05, 3.63) is 35.9 Å². The van der Waals surface area contributed by atoms with Crippen LogP contribution in [0.5, 0.6) is 0 Å². The fraction of sp³-hybridized carbons (Fsp3) is 0.591. The molecule has 3 rings (SSSR count). The van der Waals surface area contributed by atoms with Crippen LogP contribution in [0, 0.1) is 5.92 Å².